The van der Waals surface area contributed by atoms with Crippen molar-refractivity contribution in [3.8, 4) is 0 Å². The van der Waals surface area contributed by atoms with Gasteiger partial charge in [0.1, 0.15) is 5.82 Å². The fourth-order valence-electron chi connectivity index (χ4n) is 3.28. The highest BCUT2D eigenvalue weighted by Gasteiger charge is 2.34. The molecular weight excluding hydrogens is 319 g/mol. The first-order chi connectivity index (χ1) is 12.1. The third-order valence-corrected chi connectivity index (χ3v) is 4.87. The Bertz CT molecular complexity index is 707. The van der Waals surface area contributed by atoms with Crippen molar-refractivity contribution in [2.45, 2.75) is 24.7 Å². The summed E-state index contributed by atoms with van der Waals surface area (Å²) >= 11 is 0. The summed E-state index contributed by atoms with van der Waals surface area (Å²) in [4.78, 5) is 12.3. The molecule has 5 heteroatoms. The van der Waals surface area contributed by atoms with Crippen LogP contribution < -0.4 is 11.1 Å². The molecule has 25 heavy (non-hydrogen) atoms. The van der Waals surface area contributed by atoms with E-state index in [-0.39, 0.29) is 17.1 Å². The second kappa shape index (κ2) is 7.66. The summed E-state index contributed by atoms with van der Waals surface area (Å²) in [6, 6.07) is 13.9. The van der Waals surface area contributed by atoms with Gasteiger partial charge < -0.3 is 15.8 Å². The molecule has 4 nitrogen and oxygen atoms in total. The van der Waals surface area contributed by atoms with Gasteiger partial charge in [-0.1, -0.05) is 24.3 Å². The van der Waals surface area contributed by atoms with E-state index in [0.717, 1.165) is 24.0 Å². The first-order valence-corrected chi connectivity index (χ1v) is 8.52. The number of ether oxygens (including phenoxy) is 1. The van der Waals surface area contributed by atoms with Crippen LogP contribution in [0.5, 0.6) is 0 Å². The highest BCUT2D eigenvalue weighted by atomic mass is 19.1. The van der Waals surface area contributed by atoms with Crippen molar-refractivity contribution >= 4 is 11.6 Å². The second-order valence-electron chi connectivity index (χ2n) is 6.59. The number of nitrogens with two attached hydrogens (primary N) is 1. The molecule has 1 fully saturated rings. The zero-order valence-corrected chi connectivity index (χ0v) is 14.1. The van der Waals surface area contributed by atoms with Crippen molar-refractivity contribution < 1.29 is 13.9 Å². The van der Waals surface area contributed by atoms with Crippen LogP contribution >= 0.6 is 0 Å². The molecule has 1 aliphatic rings. The lowest BCUT2D eigenvalue weighted by molar-refractivity contribution is -0.120. The molecule has 0 aromatic heterocycles. The van der Waals surface area contributed by atoms with Crippen LogP contribution in [-0.4, -0.2) is 25.7 Å². The maximum Gasteiger partial charge on any atom is 0.224 e. The van der Waals surface area contributed by atoms with E-state index < -0.39 is 0 Å². The Morgan fingerprint density at radius 1 is 1.08 bits per heavy atom. The van der Waals surface area contributed by atoms with Gasteiger partial charge in [0.05, 0.1) is 6.42 Å². The van der Waals surface area contributed by atoms with Crippen LogP contribution in [0.25, 0.3) is 0 Å². The molecule has 1 saturated heterocycles. The number of carbonyl (C=O) groups excluding carboxylic acids is 1. The van der Waals surface area contributed by atoms with E-state index in [1.165, 1.54) is 12.1 Å². The predicted molar refractivity (Wildman–Crippen MR) is 95.7 cm³/mol. The van der Waals surface area contributed by atoms with Gasteiger partial charge in [-0.15, -0.1) is 0 Å². The highest BCUT2D eigenvalue weighted by Crippen LogP contribution is 2.34. The van der Waals surface area contributed by atoms with Crippen LogP contribution in [0.4, 0.5) is 10.1 Å². The first-order valence-electron chi connectivity index (χ1n) is 8.52. The minimum atomic E-state index is -0.252. The van der Waals surface area contributed by atoms with Crippen LogP contribution in [0.15, 0.2) is 48.5 Å². The quantitative estimate of drug-likeness (QED) is 0.821. The number of halogens is 1. The molecule has 3 N–H and O–H groups in total. The summed E-state index contributed by atoms with van der Waals surface area (Å²) in [6.07, 6.45) is 1.93. The van der Waals surface area contributed by atoms with Gasteiger partial charge in [0.2, 0.25) is 5.91 Å². The molecule has 0 atom stereocenters. The van der Waals surface area contributed by atoms with Crippen molar-refractivity contribution in [1.82, 2.24) is 5.32 Å². The Kier molecular flexibility index (Phi) is 5.34. The van der Waals surface area contributed by atoms with Gasteiger partial charge in [0.25, 0.3) is 0 Å². The minimum Gasteiger partial charge on any atom is -0.399 e. The molecule has 2 aromatic rings. The molecule has 3 rings (SSSR count). The van der Waals surface area contributed by atoms with E-state index in [1.54, 1.807) is 12.1 Å². The molecule has 0 spiro atoms. The summed E-state index contributed by atoms with van der Waals surface area (Å²) in [6.45, 7) is 1.81. The molecule has 1 aliphatic heterocycles. The summed E-state index contributed by atoms with van der Waals surface area (Å²) in [7, 11) is 0. The van der Waals surface area contributed by atoms with Gasteiger partial charge in [-0.3, -0.25) is 4.79 Å². The maximum atomic E-state index is 13.3. The fourth-order valence-corrected chi connectivity index (χ4v) is 3.28. The number of hydrogen-bond acceptors (Lipinski definition) is 3. The number of nitrogens with one attached hydrogen (secondary N) is 1. The zero-order valence-electron chi connectivity index (χ0n) is 14.1. The van der Waals surface area contributed by atoms with Crippen LogP contribution in [-0.2, 0) is 21.4 Å². The average Bonchev–Trinajstić information content (AvgIpc) is 2.63. The predicted octanol–water partition coefficient (Wildman–Crippen LogP) is 2.82. The van der Waals surface area contributed by atoms with Gasteiger partial charge in [-0.05, 0) is 48.2 Å². The number of benzene rings is 2. The molecular formula is C20H23FN2O2. The average molecular weight is 342 g/mol. The Morgan fingerprint density at radius 2 is 1.72 bits per heavy atom. The van der Waals surface area contributed by atoms with Gasteiger partial charge in [-0.2, -0.15) is 0 Å². The Hall–Kier alpha value is -2.40. The molecule has 1 amide bonds. The number of carbonyl (C=O) groups is 1. The van der Waals surface area contributed by atoms with E-state index in [4.69, 9.17) is 10.5 Å². The van der Waals surface area contributed by atoms with Crippen LogP contribution in [0.1, 0.15) is 24.0 Å². The molecule has 132 valence electrons. The fraction of sp³-hybridized carbons (Fsp3) is 0.350. The van der Waals surface area contributed by atoms with E-state index >= 15 is 0 Å². The van der Waals surface area contributed by atoms with E-state index in [1.807, 2.05) is 24.3 Å². The van der Waals surface area contributed by atoms with E-state index in [2.05, 4.69) is 5.32 Å². The summed E-state index contributed by atoms with van der Waals surface area (Å²) < 4.78 is 18.7. The topological polar surface area (TPSA) is 64.4 Å². The summed E-state index contributed by atoms with van der Waals surface area (Å²) in [5.74, 6) is -0.281. The highest BCUT2D eigenvalue weighted by molar-refractivity contribution is 5.78. The number of rotatable bonds is 5. The standard InChI is InChI=1S/C20H23FN2O2/c21-17-5-3-16(4-6-17)20(9-11-25-12-10-20)14-23-19(24)13-15-1-7-18(22)8-2-15/h1-8H,9-14,22H2,(H,23,24). The molecule has 0 unspecified atom stereocenters. The van der Waals surface area contributed by atoms with Crippen molar-refractivity contribution in [3.63, 3.8) is 0 Å². The van der Waals surface area contributed by atoms with Crippen LogP contribution in [0, 0.1) is 5.82 Å². The molecule has 0 bridgehead atoms. The smallest absolute Gasteiger partial charge is 0.224 e. The van der Waals surface area contributed by atoms with Crippen molar-refractivity contribution in [2.75, 3.05) is 25.5 Å². The molecule has 1 heterocycles. The normalized spacial score (nSPS) is 16.4. The molecule has 0 aliphatic carbocycles. The van der Waals surface area contributed by atoms with Crippen molar-refractivity contribution in [1.29, 1.82) is 0 Å². The van der Waals surface area contributed by atoms with Gasteiger partial charge in [0.15, 0.2) is 0 Å². The third-order valence-electron chi connectivity index (χ3n) is 4.87. The Morgan fingerprint density at radius 3 is 2.36 bits per heavy atom. The Labute approximate surface area is 147 Å². The lowest BCUT2D eigenvalue weighted by Crippen LogP contribution is -2.45. The maximum absolute atomic E-state index is 13.3. The van der Waals surface area contributed by atoms with Crippen LogP contribution in [0.2, 0.25) is 0 Å². The minimum absolute atomic E-state index is 0.0299. The summed E-state index contributed by atoms with van der Waals surface area (Å²) in [5, 5.41) is 3.05. The number of amides is 1. The SMILES string of the molecule is Nc1ccc(CC(=O)NCC2(c3ccc(F)cc3)CCOCC2)cc1. The van der Waals surface area contributed by atoms with Crippen molar-refractivity contribution in [2.24, 2.45) is 0 Å². The second-order valence-corrected chi connectivity index (χ2v) is 6.59. The summed E-state index contributed by atoms with van der Waals surface area (Å²) in [5.41, 5.74) is 8.12. The molecule has 0 radical (unpaired) electrons. The van der Waals surface area contributed by atoms with E-state index in [9.17, 15) is 9.18 Å². The number of nitrogen functional groups attached to an aromatic ring is 1. The van der Waals surface area contributed by atoms with Gasteiger partial charge in [0, 0.05) is 30.9 Å². The van der Waals surface area contributed by atoms with Crippen molar-refractivity contribution in [3.05, 3.63) is 65.5 Å². The zero-order chi connectivity index (χ0) is 17.7. The third kappa shape index (κ3) is 4.37. The lowest BCUT2D eigenvalue weighted by atomic mass is 9.74. The van der Waals surface area contributed by atoms with Gasteiger partial charge >= 0.3 is 0 Å². The number of hydrogen-bond donors (Lipinski definition) is 2. The van der Waals surface area contributed by atoms with Gasteiger partial charge in [-0.25, -0.2) is 4.39 Å². The van der Waals surface area contributed by atoms with Crippen LogP contribution in [0.3, 0.4) is 0 Å². The lowest BCUT2D eigenvalue weighted by Gasteiger charge is -2.38. The first kappa shape index (κ1) is 17.4. The Balaban J connectivity index is 1.67. The molecule has 0 saturated carbocycles. The van der Waals surface area contributed by atoms with E-state index in [0.29, 0.717) is 31.9 Å². The monoisotopic (exact) mass is 342 g/mol. The molecule has 2 aromatic carbocycles. The number of anilines is 1. The largest absolute Gasteiger partial charge is 0.399 e.